The highest BCUT2D eigenvalue weighted by atomic mass is 79.9. The summed E-state index contributed by atoms with van der Waals surface area (Å²) in [7, 11) is 0. The molecule has 7 heteroatoms. The zero-order chi connectivity index (χ0) is 18.8. The second-order valence-corrected chi connectivity index (χ2v) is 7.18. The molecule has 0 atom stereocenters. The van der Waals surface area contributed by atoms with E-state index < -0.39 is 5.97 Å². The van der Waals surface area contributed by atoms with Crippen molar-refractivity contribution in [2.24, 2.45) is 0 Å². The van der Waals surface area contributed by atoms with E-state index in [1.54, 1.807) is 22.8 Å². The molecule has 3 aromatic rings. The first kappa shape index (κ1) is 17.7. The minimum atomic E-state index is -0.461. The largest absolute Gasteiger partial charge is 0.490 e. The molecule has 0 unspecified atom stereocenters. The van der Waals surface area contributed by atoms with Gasteiger partial charge in [0.15, 0.2) is 0 Å². The molecule has 0 N–H and O–H groups in total. The van der Waals surface area contributed by atoms with Crippen molar-refractivity contribution in [3.8, 4) is 5.75 Å². The summed E-state index contributed by atoms with van der Waals surface area (Å²) in [5, 5.41) is 0.523. The van der Waals surface area contributed by atoms with Crippen molar-refractivity contribution in [3.05, 3.63) is 68.7 Å². The number of fused-ring (bicyclic) bond motifs is 2. The number of nitrogens with zero attached hydrogens (tertiary/aromatic N) is 2. The van der Waals surface area contributed by atoms with E-state index in [9.17, 15) is 9.59 Å². The summed E-state index contributed by atoms with van der Waals surface area (Å²) in [6, 6.07) is 12.3. The Labute approximate surface area is 163 Å². The summed E-state index contributed by atoms with van der Waals surface area (Å²) in [6.45, 7) is 1.09. The Hall–Kier alpha value is -2.67. The van der Waals surface area contributed by atoms with Crippen LogP contribution < -0.4 is 10.3 Å². The lowest BCUT2D eigenvalue weighted by molar-refractivity contribution is 0.0450. The molecule has 0 bridgehead atoms. The SMILES string of the molecule is O=C(OCCOc1cccc(Br)c1)c1ccc2c(=O)n3c(nc2c1)CCC3. The summed E-state index contributed by atoms with van der Waals surface area (Å²) >= 11 is 3.37. The van der Waals surface area contributed by atoms with E-state index in [2.05, 4.69) is 20.9 Å². The Morgan fingerprint density at radius 3 is 2.93 bits per heavy atom. The average Bonchev–Trinajstić information content (AvgIpc) is 3.13. The van der Waals surface area contributed by atoms with E-state index >= 15 is 0 Å². The zero-order valence-electron chi connectivity index (χ0n) is 14.5. The second kappa shape index (κ2) is 7.52. The maximum Gasteiger partial charge on any atom is 0.338 e. The third-order valence-corrected chi connectivity index (χ3v) is 4.93. The van der Waals surface area contributed by atoms with Crippen LogP contribution in [0, 0.1) is 0 Å². The number of carbonyl (C=O) groups excluding carboxylic acids is 1. The number of carbonyl (C=O) groups is 1. The van der Waals surface area contributed by atoms with Crippen molar-refractivity contribution in [3.63, 3.8) is 0 Å². The summed E-state index contributed by atoms with van der Waals surface area (Å²) in [5.41, 5.74) is 0.864. The highest BCUT2D eigenvalue weighted by molar-refractivity contribution is 9.10. The van der Waals surface area contributed by atoms with Crippen LogP contribution in [0.5, 0.6) is 5.75 Å². The fourth-order valence-electron chi connectivity index (χ4n) is 3.14. The third kappa shape index (κ3) is 3.73. The summed E-state index contributed by atoms with van der Waals surface area (Å²) in [5.74, 6) is 1.02. The summed E-state index contributed by atoms with van der Waals surface area (Å²) in [4.78, 5) is 29.3. The predicted molar refractivity (Wildman–Crippen MR) is 104 cm³/mol. The van der Waals surface area contributed by atoms with E-state index in [-0.39, 0.29) is 18.8 Å². The molecular weight excluding hydrogens is 412 g/mol. The topological polar surface area (TPSA) is 70.4 Å². The van der Waals surface area contributed by atoms with E-state index in [1.165, 1.54) is 0 Å². The molecule has 0 spiro atoms. The highest BCUT2D eigenvalue weighted by Crippen LogP contribution is 2.18. The number of aryl methyl sites for hydroxylation is 1. The van der Waals surface area contributed by atoms with Crippen LogP contribution in [0.1, 0.15) is 22.6 Å². The number of aromatic nitrogens is 2. The van der Waals surface area contributed by atoms with Crippen LogP contribution in [0.25, 0.3) is 10.9 Å². The van der Waals surface area contributed by atoms with Crippen LogP contribution in [0.4, 0.5) is 0 Å². The molecule has 1 aromatic heterocycles. The summed E-state index contributed by atoms with van der Waals surface area (Å²) < 4.78 is 13.4. The molecule has 1 aliphatic heterocycles. The Kier molecular flexibility index (Phi) is 4.94. The van der Waals surface area contributed by atoms with Gasteiger partial charge in [-0.15, -0.1) is 0 Å². The number of rotatable bonds is 5. The predicted octanol–water partition coefficient (Wildman–Crippen LogP) is 3.34. The molecule has 138 valence electrons. The normalized spacial score (nSPS) is 12.8. The van der Waals surface area contributed by atoms with E-state index in [0.717, 1.165) is 23.1 Å². The van der Waals surface area contributed by atoms with E-state index in [4.69, 9.17) is 9.47 Å². The van der Waals surface area contributed by atoms with Crippen molar-refractivity contribution in [2.75, 3.05) is 13.2 Å². The Balaban J connectivity index is 1.42. The molecule has 1 aliphatic rings. The van der Waals surface area contributed by atoms with Crippen molar-refractivity contribution in [2.45, 2.75) is 19.4 Å². The maximum absolute atomic E-state index is 12.5. The monoisotopic (exact) mass is 428 g/mol. The number of ether oxygens (including phenoxy) is 2. The highest BCUT2D eigenvalue weighted by Gasteiger charge is 2.17. The van der Waals surface area contributed by atoms with Crippen LogP contribution in [0.2, 0.25) is 0 Å². The molecule has 2 aromatic carbocycles. The molecule has 0 aliphatic carbocycles. The Morgan fingerprint density at radius 2 is 2.07 bits per heavy atom. The number of hydrogen-bond acceptors (Lipinski definition) is 5. The molecule has 0 fully saturated rings. The van der Waals surface area contributed by atoms with Crippen LogP contribution in [-0.4, -0.2) is 28.7 Å². The molecule has 6 nitrogen and oxygen atoms in total. The molecule has 27 heavy (non-hydrogen) atoms. The average molecular weight is 429 g/mol. The van der Waals surface area contributed by atoms with Crippen LogP contribution in [0.15, 0.2) is 51.7 Å². The van der Waals surface area contributed by atoms with Crippen molar-refractivity contribution >= 4 is 32.8 Å². The molecule has 2 heterocycles. The van der Waals surface area contributed by atoms with Gasteiger partial charge in [0.05, 0.1) is 16.5 Å². The lowest BCUT2D eigenvalue weighted by atomic mass is 10.1. The number of benzene rings is 2. The Morgan fingerprint density at radius 1 is 1.19 bits per heavy atom. The lowest BCUT2D eigenvalue weighted by Crippen LogP contribution is -2.21. The van der Waals surface area contributed by atoms with Crippen LogP contribution in [-0.2, 0) is 17.7 Å². The third-order valence-electron chi connectivity index (χ3n) is 4.43. The minimum absolute atomic E-state index is 0.0464. The van der Waals surface area contributed by atoms with Gasteiger partial charge in [0.1, 0.15) is 24.8 Å². The molecule has 0 saturated heterocycles. The minimum Gasteiger partial charge on any atom is -0.490 e. The van der Waals surface area contributed by atoms with Gasteiger partial charge in [-0.25, -0.2) is 9.78 Å². The number of halogens is 1. The quantitative estimate of drug-likeness (QED) is 0.460. The Bertz CT molecular complexity index is 1080. The first-order chi connectivity index (χ1) is 13.1. The number of hydrogen-bond donors (Lipinski definition) is 0. The fourth-order valence-corrected chi connectivity index (χ4v) is 3.52. The van der Waals surface area contributed by atoms with Crippen LogP contribution >= 0.6 is 15.9 Å². The second-order valence-electron chi connectivity index (χ2n) is 6.26. The smallest absolute Gasteiger partial charge is 0.338 e. The maximum atomic E-state index is 12.5. The first-order valence-electron chi connectivity index (χ1n) is 8.71. The van der Waals surface area contributed by atoms with Gasteiger partial charge >= 0.3 is 5.97 Å². The first-order valence-corrected chi connectivity index (χ1v) is 9.50. The van der Waals surface area contributed by atoms with Gasteiger partial charge < -0.3 is 9.47 Å². The molecule has 0 saturated carbocycles. The van der Waals surface area contributed by atoms with Crippen molar-refractivity contribution < 1.29 is 14.3 Å². The molecule has 0 radical (unpaired) electrons. The van der Waals surface area contributed by atoms with Gasteiger partial charge in [-0.1, -0.05) is 22.0 Å². The lowest BCUT2D eigenvalue weighted by Gasteiger charge is -2.09. The van der Waals surface area contributed by atoms with Gasteiger partial charge in [0.2, 0.25) is 0 Å². The van der Waals surface area contributed by atoms with Crippen LogP contribution in [0.3, 0.4) is 0 Å². The van der Waals surface area contributed by atoms with Gasteiger partial charge in [-0.3, -0.25) is 9.36 Å². The molecular formula is C20H17BrN2O4. The van der Waals surface area contributed by atoms with Crippen molar-refractivity contribution in [1.82, 2.24) is 9.55 Å². The number of esters is 1. The van der Waals surface area contributed by atoms with Gasteiger partial charge in [-0.2, -0.15) is 0 Å². The van der Waals surface area contributed by atoms with E-state index in [0.29, 0.717) is 28.8 Å². The standard InChI is InChI=1S/C20H17BrN2O4/c21-14-3-1-4-15(12-14)26-9-10-27-20(25)13-6-7-16-17(11-13)22-18-5-2-8-23(18)19(16)24/h1,3-4,6-7,11-12H,2,5,8-10H2. The zero-order valence-corrected chi connectivity index (χ0v) is 16.1. The van der Waals surface area contributed by atoms with Gasteiger partial charge in [0, 0.05) is 17.4 Å². The van der Waals surface area contributed by atoms with E-state index in [1.807, 2.05) is 24.3 Å². The van der Waals surface area contributed by atoms with Gasteiger partial charge in [0.25, 0.3) is 5.56 Å². The fraction of sp³-hybridized carbons (Fsp3) is 0.250. The summed E-state index contributed by atoms with van der Waals surface area (Å²) in [6.07, 6.45) is 1.71. The van der Waals surface area contributed by atoms with Crippen molar-refractivity contribution in [1.29, 1.82) is 0 Å². The molecule has 0 amide bonds. The molecule has 4 rings (SSSR count). The van der Waals surface area contributed by atoms with Gasteiger partial charge in [-0.05, 0) is 42.8 Å².